The van der Waals surface area contributed by atoms with Gasteiger partial charge in [0, 0.05) is 26.1 Å². The smallest absolute Gasteiger partial charge is 0.191 e. The highest BCUT2D eigenvalue weighted by Crippen LogP contribution is 2.23. The van der Waals surface area contributed by atoms with E-state index in [-0.39, 0.29) is 5.92 Å². The third-order valence-corrected chi connectivity index (χ3v) is 4.41. The van der Waals surface area contributed by atoms with Crippen LogP contribution in [0.2, 0.25) is 0 Å². The van der Waals surface area contributed by atoms with Gasteiger partial charge in [0.15, 0.2) is 5.96 Å². The van der Waals surface area contributed by atoms with E-state index >= 15 is 0 Å². The fourth-order valence-electron chi connectivity index (χ4n) is 2.95. The van der Waals surface area contributed by atoms with Gasteiger partial charge in [-0.15, -0.1) is 0 Å². The van der Waals surface area contributed by atoms with Gasteiger partial charge in [0.1, 0.15) is 18.7 Å². The number of hydrogen-bond donors (Lipinski definition) is 2. The number of aromatic nitrogens is 3. The van der Waals surface area contributed by atoms with Crippen LogP contribution in [0.1, 0.15) is 29.8 Å². The molecule has 0 aliphatic rings. The summed E-state index contributed by atoms with van der Waals surface area (Å²) < 4.78 is 1.74. The molecule has 6 heteroatoms. The molecule has 0 fully saturated rings. The fraction of sp³-hybridized carbons (Fsp3) is 0.286. The maximum absolute atomic E-state index is 4.65. The molecule has 0 aliphatic carbocycles. The molecule has 1 heterocycles. The lowest BCUT2D eigenvalue weighted by Crippen LogP contribution is -2.39. The second-order valence-electron chi connectivity index (χ2n) is 6.25. The van der Waals surface area contributed by atoms with Gasteiger partial charge < -0.3 is 10.6 Å². The molecule has 0 amide bonds. The van der Waals surface area contributed by atoms with Crippen LogP contribution in [0.4, 0.5) is 0 Å². The van der Waals surface area contributed by atoms with E-state index in [1.807, 2.05) is 19.2 Å². The Hall–Kier alpha value is -3.15. The molecule has 6 nitrogen and oxygen atoms in total. The first kappa shape index (κ1) is 18.6. The number of aliphatic imine (C=N–C) groups is 1. The summed E-state index contributed by atoms with van der Waals surface area (Å²) in [5.74, 6) is 1.85. The summed E-state index contributed by atoms with van der Waals surface area (Å²) in [6.07, 6.45) is 1.55. The molecule has 0 saturated carbocycles. The number of rotatable bonds is 7. The minimum Gasteiger partial charge on any atom is -0.357 e. The number of aryl methyl sites for hydroxylation is 1. The molecular formula is C21H26N6. The highest BCUT2D eigenvalue weighted by Gasteiger charge is 2.14. The molecule has 0 spiro atoms. The Balaban J connectivity index is 1.75. The van der Waals surface area contributed by atoms with E-state index in [0.29, 0.717) is 6.54 Å². The molecule has 2 aromatic carbocycles. The molecule has 3 rings (SSSR count). The number of nitrogens with one attached hydrogen (secondary N) is 2. The molecule has 0 unspecified atom stereocenters. The minimum absolute atomic E-state index is 0.242. The maximum atomic E-state index is 4.65. The summed E-state index contributed by atoms with van der Waals surface area (Å²) in [6, 6.07) is 21.1. The SMILES string of the molecule is CCNC(=NCc1ncnn1C)NCC(c1ccccc1)c1ccccc1. The van der Waals surface area contributed by atoms with Crippen molar-refractivity contribution in [2.45, 2.75) is 19.4 Å². The van der Waals surface area contributed by atoms with E-state index in [1.165, 1.54) is 11.1 Å². The quantitative estimate of drug-likeness (QED) is 0.501. The zero-order valence-electron chi connectivity index (χ0n) is 15.8. The topological polar surface area (TPSA) is 67.1 Å². The zero-order chi connectivity index (χ0) is 18.9. The molecule has 27 heavy (non-hydrogen) atoms. The van der Waals surface area contributed by atoms with E-state index in [4.69, 9.17) is 0 Å². The third-order valence-electron chi connectivity index (χ3n) is 4.41. The van der Waals surface area contributed by atoms with Gasteiger partial charge in [-0.2, -0.15) is 5.10 Å². The molecule has 0 saturated heterocycles. The Bertz CT molecular complexity index is 802. The van der Waals surface area contributed by atoms with Crippen LogP contribution in [0.5, 0.6) is 0 Å². The number of guanidine groups is 1. The predicted molar refractivity (Wildman–Crippen MR) is 109 cm³/mol. The van der Waals surface area contributed by atoms with Crippen LogP contribution in [-0.2, 0) is 13.6 Å². The Kier molecular flexibility index (Phi) is 6.57. The number of benzene rings is 2. The first-order valence-corrected chi connectivity index (χ1v) is 9.23. The van der Waals surface area contributed by atoms with Crippen LogP contribution in [0.3, 0.4) is 0 Å². The minimum atomic E-state index is 0.242. The van der Waals surface area contributed by atoms with Gasteiger partial charge in [-0.1, -0.05) is 60.7 Å². The molecule has 0 bridgehead atoms. The standard InChI is InChI=1S/C21H26N6/c1-3-22-21(24-15-20-25-16-26-27(20)2)23-14-19(17-10-6-4-7-11-17)18-12-8-5-9-13-18/h4-13,16,19H,3,14-15H2,1-2H3,(H2,22,23,24). The Morgan fingerprint density at radius 1 is 1.00 bits per heavy atom. The number of hydrogen-bond acceptors (Lipinski definition) is 3. The van der Waals surface area contributed by atoms with E-state index < -0.39 is 0 Å². The zero-order valence-corrected chi connectivity index (χ0v) is 15.8. The highest BCUT2D eigenvalue weighted by atomic mass is 15.3. The molecule has 3 aromatic rings. The summed E-state index contributed by atoms with van der Waals surface area (Å²) in [7, 11) is 1.87. The van der Waals surface area contributed by atoms with Crippen molar-refractivity contribution in [3.63, 3.8) is 0 Å². The lowest BCUT2D eigenvalue weighted by Gasteiger charge is -2.20. The average Bonchev–Trinajstić information content (AvgIpc) is 3.12. The van der Waals surface area contributed by atoms with Crippen LogP contribution < -0.4 is 10.6 Å². The van der Waals surface area contributed by atoms with Gasteiger partial charge in [-0.3, -0.25) is 4.68 Å². The molecule has 0 aliphatic heterocycles. The Morgan fingerprint density at radius 2 is 1.63 bits per heavy atom. The van der Waals surface area contributed by atoms with Gasteiger partial charge in [0.2, 0.25) is 0 Å². The molecule has 140 valence electrons. The second-order valence-corrected chi connectivity index (χ2v) is 6.25. The van der Waals surface area contributed by atoms with Crippen LogP contribution in [0, 0.1) is 0 Å². The molecule has 2 N–H and O–H groups in total. The van der Waals surface area contributed by atoms with Crippen molar-refractivity contribution in [2.75, 3.05) is 13.1 Å². The highest BCUT2D eigenvalue weighted by molar-refractivity contribution is 5.79. The largest absolute Gasteiger partial charge is 0.357 e. The van der Waals surface area contributed by atoms with Gasteiger partial charge in [0.05, 0.1) is 0 Å². The van der Waals surface area contributed by atoms with E-state index in [0.717, 1.165) is 24.9 Å². The fourth-order valence-corrected chi connectivity index (χ4v) is 2.95. The summed E-state index contributed by atoms with van der Waals surface area (Å²) >= 11 is 0. The van der Waals surface area contributed by atoms with Gasteiger partial charge >= 0.3 is 0 Å². The van der Waals surface area contributed by atoms with Gasteiger partial charge in [0.25, 0.3) is 0 Å². The summed E-state index contributed by atoms with van der Waals surface area (Å²) in [6.45, 7) is 4.09. The van der Waals surface area contributed by atoms with Gasteiger partial charge in [-0.25, -0.2) is 9.98 Å². The van der Waals surface area contributed by atoms with Crippen molar-refractivity contribution in [3.05, 3.63) is 83.9 Å². The maximum Gasteiger partial charge on any atom is 0.191 e. The summed E-state index contributed by atoms with van der Waals surface area (Å²) in [5.41, 5.74) is 2.56. The molecular weight excluding hydrogens is 336 g/mol. The van der Waals surface area contributed by atoms with Crippen LogP contribution in [-0.4, -0.2) is 33.8 Å². The van der Waals surface area contributed by atoms with E-state index in [9.17, 15) is 0 Å². The monoisotopic (exact) mass is 362 g/mol. The van der Waals surface area contributed by atoms with Crippen molar-refractivity contribution in [3.8, 4) is 0 Å². The number of nitrogens with zero attached hydrogens (tertiary/aromatic N) is 4. The van der Waals surface area contributed by atoms with Crippen LogP contribution in [0.25, 0.3) is 0 Å². The van der Waals surface area contributed by atoms with Crippen molar-refractivity contribution < 1.29 is 0 Å². The van der Waals surface area contributed by atoms with Crippen LogP contribution in [0.15, 0.2) is 72.0 Å². The molecule has 1 aromatic heterocycles. The molecule has 0 radical (unpaired) electrons. The van der Waals surface area contributed by atoms with Crippen molar-refractivity contribution >= 4 is 5.96 Å². The second kappa shape index (κ2) is 9.52. The summed E-state index contributed by atoms with van der Waals surface area (Å²) in [5, 5.41) is 10.9. The molecule has 0 atom stereocenters. The van der Waals surface area contributed by atoms with Crippen molar-refractivity contribution in [1.82, 2.24) is 25.4 Å². The Labute approximate surface area is 160 Å². The first-order chi connectivity index (χ1) is 13.3. The lowest BCUT2D eigenvalue weighted by atomic mass is 9.91. The van der Waals surface area contributed by atoms with E-state index in [1.54, 1.807) is 11.0 Å². The lowest BCUT2D eigenvalue weighted by molar-refractivity contribution is 0.692. The predicted octanol–water partition coefficient (Wildman–Crippen LogP) is 2.70. The normalized spacial score (nSPS) is 11.6. The van der Waals surface area contributed by atoms with Crippen molar-refractivity contribution in [1.29, 1.82) is 0 Å². The first-order valence-electron chi connectivity index (χ1n) is 9.23. The Morgan fingerprint density at radius 3 is 2.15 bits per heavy atom. The summed E-state index contributed by atoms with van der Waals surface area (Å²) in [4.78, 5) is 8.87. The van der Waals surface area contributed by atoms with Crippen molar-refractivity contribution in [2.24, 2.45) is 12.0 Å². The van der Waals surface area contributed by atoms with Crippen LogP contribution >= 0.6 is 0 Å². The van der Waals surface area contributed by atoms with E-state index in [2.05, 4.69) is 81.2 Å². The van der Waals surface area contributed by atoms with Gasteiger partial charge in [-0.05, 0) is 18.1 Å². The average molecular weight is 362 g/mol. The third kappa shape index (κ3) is 5.17.